The highest BCUT2D eigenvalue weighted by atomic mass is 19.2. The van der Waals surface area contributed by atoms with E-state index in [1.807, 2.05) is 0 Å². The Bertz CT molecular complexity index is 574. The molecule has 2 aromatic rings. The average molecular weight is 243 g/mol. The largest absolute Gasteiger partial charge is 0.476 e. The van der Waals surface area contributed by atoms with Gasteiger partial charge >= 0.3 is 5.97 Å². The summed E-state index contributed by atoms with van der Waals surface area (Å²) in [6.07, 6.45) is 0.953. The van der Waals surface area contributed by atoms with Crippen LogP contribution in [0.15, 0.2) is 18.3 Å². The highest BCUT2D eigenvalue weighted by Crippen LogP contribution is 2.16. The molecular formula is C9H4F3N3O2. The first-order chi connectivity index (χ1) is 7.99. The van der Waals surface area contributed by atoms with Gasteiger partial charge in [0.1, 0.15) is 0 Å². The fourth-order valence-electron chi connectivity index (χ4n) is 1.16. The maximum Gasteiger partial charge on any atom is 0.358 e. The van der Waals surface area contributed by atoms with Crippen LogP contribution in [0.3, 0.4) is 0 Å². The zero-order valence-electron chi connectivity index (χ0n) is 8.06. The maximum absolute atomic E-state index is 12.9. The molecule has 0 radical (unpaired) electrons. The molecule has 0 fully saturated rings. The van der Waals surface area contributed by atoms with Crippen molar-refractivity contribution in [3.05, 3.63) is 41.5 Å². The Morgan fingerprint density at radius 2 is 1.82 bits per heavy atom. The second-order valence-electron chi connectivity index (χ2n) is 3.08. The van der Waals surface area contributed by atoms with Gasteiger partial charge < -0.3 is 5.11 Å². The van der Waals surface area contributed by atoms with Gasteiger partial charge in [-0.2, -0.15) is 0 Å². The van der Waals surface area contributed by atoms with Crippen molar-refractivity contribution in [2.24, 2.45) is 0 Å². The van der Waals surface area contributed by atoms with Crippen LogP contribution >= 0.6 is 0 Å². The molecule has 17 heavy (non-hydrogen) atoms. The van der Waals surface area contributed by atoms with Crippen LogP contribution in [0.4, 0.5) is 13.2 Å². The second kappa shape index (κ2) is 3.89. The first-order valence-electron chi connectivity index (χ1n) is 4.29. The van der Waals surface area contributed by atoms with Gasteiger partial charge in [-0.05, 0) is 0 Å². The minimum atomic E-state index is -1.60. The number of hydrogen-bond acceptors (Lipinski definition) is 3. The Morgan fingerprint density at radius 3 is 2.29 bits per heavy atom. The number of hydrogen-bond donors (Lipinski definition) is 1. The van der Waals surface area contributed by atoms with Gasteiger partial charge in [-0.1, -0.05) is 5.21 Å². The molecule has 1 heterocycles. The maximum atomic E-state index is 12.9. The quantitative estimate of drug-likeness (QED) is 0.809. The highest BCUT2D eigenvalue weighted by molar-refractivity contribution is 5.84. The summed E-state index contributed by atoms with van der Waals surface area (Å²) in [4.78, 5) is 10.5. The smallest absolute Gasteiger partial charge is 0.358 e. The molecule has 2 rings (SSSR count). The number of aromatic carboxylic acids is 1. The van der Waals surface area contributed by atoms with Gasteiger partial charge in [0.25, 0.3) is 0 Å². The third-order valence-corrected chi connectivity index (χ3v) is 1.95. The third-order valence-electron chi connectivity index (χ3n) is 1.95. The van der Waals surface area contributed by atoms with Crippen LogP contribution < -0.4 is 0 Å². The van der Waals surface area contributed by atoms with Crippen LogP contribution in [0.2, 0.25) is 0 Å². The van der Waals surface area contributed by atoms with E-state index >= 15 is 0 Å². The predicted molar refractivity (Wildman–Crippen MR) is 48.2 cm³/mol. The van der Waals surface area contributed by atoms with Gasteiger partial charge in [0, 0.05) is 12.1 Å². The van der Waals surface area contributed by atoms with Crippen molar-refractivity contribution in [2.45, 2.75) is 0 Å². The van der Waals surface area contributed by atoms with Crippen molar-refractivity contribution < 1.29 is 23.1 Å². The summed E-state index contributed by atoms with van der Waals surface area (Å²) < 4.78 is 39.3. The number of halogens is 3. The third kappa shape index (κ3) is 1.96. The van der Waals surface area contributed by atoms with Crippen molar-refractivity contribution in [1.29, 1.82) is 0 Å². The lowest BCUT2D eigenvalue weighted by atomic mass is 10.3. The van der Waals surface area contributed by atoms with E-state index in [9.17, 15) is 18.0 Å². The molecule has 0 spiro atoms. The summed E-state index contributed by atoms with van der Waals surface area (Å²) in [6, 6.07) is 1.36. The first-order valence-corrected chi connectivity index (χ1v) is 4.29. The molecule has 0 unspecified atom stereocenters. The fraction of sp³-hybridized carbons (Fsp3) is 0. The molecule has 1 N–H and O–H groups in total. The normalized spacial score (nSPS) is 10.5. The van der Waals surface area contributed by atoms with Gasteiger partial charge in [0.05, 0.1) is 11.9 Å². The molecule has 0 aliphatic heterocycles. The van der Waals surface area contributed by atoms with E-state index in [2.05, 4.69) is 10.3 Å². The molecule has 0 saturated carbocycles. The number of carboxylic acid groups (broad SMARTS) is 1. The number of nitrogens with zero attached hydrogens (tertiary/aromatic N) is 3. The van der Waals surface area contributed by atoms with Crippen molar-refractivity contribution in [3.63, 3.8) is 0 Å². The van der Waals surface area contributed by atoms with E-state index < -0.39 is 29.1 Å². The Balaban J connectivity index is 2.49. The summed E-state index contributed by atoms with van der Waals surface area (Å²) in [5.41, 5.74) is -0.559. The number of rotatable bonds is 2. The summed E-state index contributed by atoms with van der Waals surface area (Å²) in [7, 11) is 0. The second-order valence-corrected chi connectivity index (χ2v) is 3.08. The van der Waals surface area contributed by atoms with E-state index in [0.29, 0.717) is 12.1 Å². The predicted octanol–water partition coefficient (Wildman–Crippen LogP) is 1.38. The van der Waals surface area contributed by atoms with E-state index in [1.165, 1.54) is 0 Å². The van der Waals surface area contributed by atoms with Crippen molar-refractivity contribution >= 4 is 5.97 Å². The van der Waals surface area contributed by atoms with E-state index in [-0.39, 0.29) is 5.69 Å². The van der Waals surface area contributed by atoms with Gasteiger partial charge in [0.15, 0.2) is 23.1 Å². The Labute approximate surface area is 92.1 Å². The molecule has 0 aliphatic carbocycles. The van der Waals surface area contributed by atoms with Crippen LogP contribution in [-0.2, 0) is 0 Å². The number of carbonyl (C=O) groups is 1. The van der Waals surface area contributed by atoms with Gasteiger partial charge in [-0.25, -0.2) is 22.6 Å². The Morgan fingerprint density at radius 1 is 1.24 bits per heavy atom. The zero-order valence-corrected chi connectivity index (χ0v) is 8.06. The molecule has 1 aromatic carbocycles. The van der Waals surface area contributed by atoms with Crippen LogP contribution in [0, 0.1) is 17.5 Å². The summed E-state index contributed by atoms with van der Waals surface area (Å²) in [5.74, 6) is -5.73. The lowest BCUT2D eigenvalue weighted by Gasteiger charge is -2.01. The van der Waals surface area contributed by atoms with Crippen LogP contribution in [-0.4, -0.2) is 26.1 Å². The summed E-state index contributed by atoms with van der Waals surface area (Å²) in [5, 5.41) is 15.2. The van der Waals surface area contributed by atoms with E-state index in [4.69, 9.17) is 5.11 Å². The molecule has 0 saturated heterocycles. The first kappa shape index (κ1) is 11.1. The van der Waals surface area contributed by atoms with Crippen molar-refractivity contribution in [1.82, 2.24) is 15.0 Å². The molecule has 0 amide bonds. The number of aromatic nitrogens is 3. The Kier molecular flexibility index (Phi) is 2.54. The number of carboxylic acids is 1. The lowest BCUT2D eigenvalue weighted by Crippen LogP contribution is -2.00. The molecule has 5 nitrogen and oxygen atoms in total. The van der Waals surface area contributed by atoms with Crippen molar-refractivity contribution in [3.8, 4) is 5.69 Å². The monoisotopic (exact) mass is 243 g/mol. The van der Waals surface area contributed by atoms with Crippen LogP contribution in [0.1, 0.15) is 10.5 Å². The summed E-state index contributed by atoms with van der Waals surface area (Å²) in [6.45, 7) is 0. The molecule has 1 aromatic heterocycles. The molecular weight excluding hydrogens is 239 g/mol. The number of benzene rings is 1. The molecule has 0 aliphatic rings. The van der Waals surface area contributed by atoms with Gasteiger partial charge in [-0.3, -0.25) is 0 Å². The van der Waals surface area contributed by atoms with Gasteiger partial charge in [0.2, 0.25) is 0 Å². The molecule has 88 valence electrons. The SMILES string of the molecule is O=C(O)c1cn(-c2cc(F)c(F)c(F)c2)nn1. The van der Waals surface area contributed by atoms with Gasteiger partial charge in [-0.15, -0.1) is 5.10 Å². The van der Waals surface area contributed by atoms with Crippen molar-refractivity contribution in [2.75, 3.05) is 0 Å². The Hall–Kier alpha value is -2.38. The van der Waals surface area contributed by atoms with Crippen LogP contribution in [0.25, 0.3) is 5.69 Å². The minimum absolute atomic E-state index is 0.165. The molecule has 0 bridgehead atoms. The molecule has 8 heteroatoms. The topological polar surface area (TPSA) is 68.0 Å². The molecule has 0 atom stereocenters. The minimum Gasteiger partial charge on any atom is -0.476 e. The van der Waals surface area contributed by atoms with E-state index in [1.54, 1.807) is 0 Å². The fourth-order valence-corrected chi connectivity index (χ4v) is 1.16. The average Bonchev–Trinajstić information content (AvgIpc) is 2.74. The van der Waals surface area contributed by atoms with E-state index in [0.717, 1.165) is 10.9 Å². The zero-order chi connectivity index (χ0) is 12.6. The van der Waals surface area contributed by atoms with Crippen LogP contribution in [0.5, 0.6) is 0 Å². The lowest BCUT2D eigenvalue weighted by molar-refractivity contribution is 0.0690. The standard InChI is InChI=1S/C9H4F3N3O2/c10-5-1-4(2-6(11)8(5)12)15-3-7(9(16)17)13-14-15/h1-3H,(H,16,17). The highest BCUT2D eigenvalue weighted by Gasteiger charge is 2.14. The summed E-state index contributed by atoms with van der Waals surface area (Å²) >= 11 is 0.